The summed E-state index contributed by atoms with van der Waals surface area (Å²) < 4.78 is 0. The van der Waals surface area contributed by atoms with Crippen molar-refractivity contribution in [2.24, 2.45) is 0 Å². The molecule has 110 valence electrons. The summed E-state index contributed by atoms with van der Waals surface area (Å²) in [6, 6.07) is 19.9. The number of anilines is 1. The summed E-state index contributed by atoms with van der Waals surface area (Å²) in [6.07, 6.45) is 2.47. The van der Waals surface area contributed by atoms with E-state index >= 15 is 0 Å². The molecule has 3 rings (SSSR count). The monoisotopic (exact) mass is 280 g/mol. The van der Waals surface area contributed by atoms with Crippen molar-refractivity contribution >= 4 is 5.69 Å². The SMILES string of the molecule is CCN1CCC(Nc2ccccc2-c2ccccc2)CC1. The first-order valence-electron chi connectivity index (χ1n) is 8.00. The number of piperidine rings is 1. The molecule has 0 unspecified atom stereocenters. The molecule has 1 N–H and O–H groups in total. The predicted octanol–water partition coefficient (Wildman–Crippen LogP) is 4.25. The number of para-hydroxylation sites is 1. The molecular formula is C19H24N2. The van der Waals surface area contributed by atoms with Gasteiger partial charge in [0.1, 0.15) is 0 Å². The maximum atomic E-state index is 3.77. The van der Waals surface area contributed by atoms with Gasteiger partial charge in [0.15, 0.2) is 0 Å². The molecule has 2 nitrogen and oxygen atoms in total. The Hall–Kier alpha value is -1.80. The van der Waals surface area contributed by atoms with Crippen molar-refractivity contribution in [3.63, 3.8) is 0 Å². The molecule has 0 amide bonds. The van der Waals surface area contributed by atoms with Crippen molar-refractivity contribution in [1.82, 2.24) is 4.90 Å². The summed E-state index contributed by atoms with van der Waals surface area (Å²) in [6.45, 7) is 5.84. The normalized spacial score (nSPS) is 16.8. The van der Waals surface area contributed by atoms with Crippen LogP contribution in [-0.2, 0) is 0 Å². The summed E-state index contributed by atoms with van der Waals surface area (Å²) in [5, 5.41) is 3.77. The summed E-state index contributed by atoms with van der Waals surface area (Å²) in [4.78, 5) is 2.53. The largest absolute Gasteiger partial charge is 0.382 e. The van der Waals surface area contributed by atoms with E-state index < -0.39 is 0 Å². The molecule has 1 aliphatic rings. The Bertz CT molecular complexity index is 557. The lowest BCUT2D eigenvalue weighted by Crippen LogP contribution is -2.38. The number of nitrogens with zero attached hydrogens (tertiary/aromatic N) is 1. The van der Waals surface area contributed by atoms with Crippen molar-refractivity contribution in [3.8, 4) is 11.1 Å². The molecule has 1 saturated heterocycles. The molecule has 0 aliphatic carbocycles. The van der Waals surface area contributed by atoms with E-state index in [2.05, 4.69) is 71.7 Å². The Kier molecular flexibility index (Phi) is 4.56. The van der Waals surface area contributed by atoms with Crippen molar-refractivity contribution in [2.45, 2.75) is 25.8 Å². The lowest BCUT2D eigenvalue weighted by Gasteiger charge is -2.32. The molecule has 0 bridgehead atoms. The highest BCUT2D eigenvalue weighted by molar-refractivity contribution is 5.77. The minimum absolute atomic E-state index is 0.595. The molecule has 2 aromatic rings. The second-order valence-electron chi connectivity index (χ2n) is 5.76. The van der Waals surface area contributed by atoms with Crippen LogP contribution in [0.4, 0.5) is 5.69 Å². The van der Waals surface area contributed by atoms with Gasteiger partial charge in [-0.2, -0.15) is 0 Å². The van der Waals surface area contributed by atoms with Gasteiger partial charge >= 0.3 is 0 Å². The zero-order valence-corrected chi connectivity index (χ0v) is 12.8. The van der Waals surface area contributed by atoms with Gasteiger partial charge in [-0.1, -0.05) is 55.5 Å². The third-order valence-corrected chi connectivity index (χ3v) is 4.41. The van der Waals surface area contributed by atoms with Gasteiger partial charge in [-0.3, -0.25) is 0 Å². The van der Waals surface area contributed by atoms with Crippen LogP contribution in [0, 0.1) is 0 Å². The van der Waals surface area contributed by atoms with Crippen LogP contribution >= 0.6 is 0 Å². The number of likely N-dealkylation sites (tertiary alicyclic amines) is 1. The van der Waals surface area contributed by atoms with Crippen LogP contribution in [0.3, 0.4) is 0 Å². The lowest BCUT2D eigenvalue weighted by molar-refractivity contribution is 0.229. The molecule has 0 atom stereocenters. The number of rotatable bonds is 4. The molecule has 21 heavy (non-hydrogen) atoms. The lowest BCUT2D eigenvalue weighted by atomic mass is 10.0. The highest BCUT2D eigenvalue weighted by Crippen LogP contribution is 2.29. The highest BCUT2D eigenvalue weighted by atomic mass is 15.1. The van der Waals surface area contributed by atoms with Crippen LogP contribution in [0.25, 0.3) is 11.1 Å². The smallest absolute Gasteiger partial charge is 0.0422 e. The van der Waals surface area contributed by atoms with Gasteiger partial charge in [-0.25, -0.2) is 0 Å². The number of hydrogen-bond donors (Lipinski definition) is 1. The molecule has 0 saturated carbocycles. The molecule has 2 aromatic carbocycles. The maximum Gasteiger partial charge on any atom is 0.0422 e. The van der Waals surface area contributed by atoms with Crippen LogP contribution in [-0.4, -0.2) is 30.6 Å². The first-order valence-corrected chi connectivity index (χ1v) is 8.00. The Balaban J connectivity index is 1.75. The number of hydrogen-bond acceptors (Lipinski definition) is 2. The zero-order chi connectivity index (χ0) is 14.5. The van der Waals surface area contributed by atoms with Crippen LogP contribution in [0.15, 0.2) is 54.6 Å². The van der Waals surface area contributed by atoms with Gasteiger partial charge in [-0.15, -0.1) is 0 Å². The fourth-order valence-corrected chi connectivity index (χ4v) is 3.09. The van der Waals surface area contributed by atoms with E-state index in [0.717, 1.165) is 0 Å². The van der Waals surface area contributed by atoms with Crippen LogP contribution < -0.4 is 5.32 Å². The molecule has 0 radical (unpaired) electrons. The Morgan fingerprint density at radius 1 is 0.952 bits per heavy atom. The summed E-state index contributed by atoms with van der Waals surface area (Å²) in [5.74, 6) is 0. The molecular weight excluding hydrogens is 256 g/mol. The third kappa shape index (κ3) is 3.45. The van der Waals surface area contributed by atoms with Crippen molar-refractivity contribution < 1.29 is 0 Å². The van der Waals surface area contributed by atoms with Crippen molar-refractivity contribution in [2.75, 3.05) is 25.0 Å². The minimum atomic E-state index is 0.595. The van der Waals surface area contributed by atoms with E-state index in [0.29, 0.717) is 6.04 Å². The van der Waals surface area contributed by atoms with Crippen molar-refractivity contribution in [1.29, 1.82) is 0 Å². The van der Waals surface area contributed by atoms with E-state index in [1.54, 1.807) is 0 Å². The quantitative estimate of drug-likeness (QED) is 0.900. The standard InChI is InChI=1S/C19H24N2/c1-2-21-14-12-17(13-15-21)20-19-11-7-6-10-18(19)16-8-4-3-5-9-16/h3-11,17,20H,2,12-15H2,1H3. The fourth-order valence-electron chi connectivity index (χ4n) is 3.09. The van der Waals surface area contributed by atoms with Gasteiger partial charge in [-0.05, 0) is 31.0 Å². The van der Waals surface area contributed by atoms with Gasteiger partial charge in [0.25, 0.3) is 0 Å². The molecule has 1 heterocycles. The summed E-state index contributed by atoms with van der Waals surface area (Å²) >= 11 is 0. The Morgan fingerprint density at radius 2 is 1.62 bits per heavy atom. The first-order chi connectivity index (χ1) is 10.4. The molecule has 2 heteroatoms. The van der Waals surface area contributed by atoms with Crippen LogP contribution in [0.2, 0.25) is 0 Å². The average molecular weight is 280 g/mol. The second-order valence-corrected chi connectivity index (χ2v) is 5.76. The highest BCUT2D eigenvalue weighted by Gasteiger charge is 2.18. The van der Waals surface area contributed by atoms with Gasteiger partial charge in [0.05, 0.1) is 0 Å². The van der Waals surface area contributed by atoms with E-state index in [4.69, 9.17) is 0 Å². The summed E-state index contributed by atoms with van der Waals surface area (Å²) in [5.41, 5.74) is 3.85. The van der Waals surface area contributed by atoms with Gasteiger partial charge in [0.2, 0.25) is 0 Å². The molecule has 1 aliphatic heterocycles. The number of nitrogens with one attached hydrogen (secondary N) is 1. The maximum absolute atomic E-state index is 3.77. The fraction of sp³-hybridized carbons (Fsp3) is 0.368. The van der Waals surface area contributed by atoms with Gasteiger partial charge in [0, 0.05) is 30.4 Å². The summed E-state index contributed by atoms with van der Waals surface area (Å²) in [7, 11) is 0. The van der Waals surface area contributed by atoms with Crippen LogP contribution in [0.5, 0.6) is 0 Å². The van der Waals surface area contributed by atoms with E-state index in [1.165, 1.54) is 49.3 Å². The number of benzene rings is 2. The van der Waals surface area contributed by atoms with E-state index in [9.17, 15) is 0 Å². The average Bonchev–Trinajstić information content (AvgIpc) is 2.57. The first kappa shape index (κ1) is 14.2. The third-order valence-electron chi connectivity index (χ3n) is 4.41. The molecule has 0 spiro atoms. The van der Waals surface area contributed by atoms with E-state index in [-0.39, 0.29) is 0 Å². The minimum Gasteiger partial charge on any atom is -0.382 e. The predicted molar refractivity (Wildman–Crippen MR) is 90.6 cm³/mol. The Labute approximate surface area is 127 Å². The van der Waals surface area contributed by atoms with E-state index in [1.807, 2.05) is 0 Å². The van der Waals surface area contributed by atoms with Crippen LogP contribution in [0.1, 0.15) is 19.8 Å². The zero-order valence-electron chi connectivity index (χ0n) is 12.8. The van der Waals surface area contributed by atoms with Crippen molar-refractivity contribution in [3.05, 3.63) is 54.6 Å². The van der Waals surface area contributed by atoms with Gasteiger partial charge < -0.3 is 10.2 Å². The second kappa shape index (κ2) is 6.77. The Morgan fingerprint density at radius 3 is 2.33 bits per heavy atom. The topological polar surface area (TPSA) is 15.3 Å². The molecule has 1 fully saturated rings. The molecule has 0 aromatic heterocycles.